The molecule has 1 saturated carbocycles. The first-order valence-corrected chi connectivity index (χ1v) is 14.4. The Hall–Kier alpha value is -3.79. The van der Waals surface area contributed by atoms with Gasteiger partial charge in [-0.1, -0.05) is 50.8 Å². The molecule has 2 aliphatic carbocycles. The number of carbonyl (C=O) groups excluding carboxylic acids is 5. The molecule has 8 unspecified atom stereocenters. The lowest BCUT2D eigenvalue weighted by molar-refractivity contribution is -0.191. The van der Waals surface area contributed by atoms with E-state index in [1.54, 1.807) is 70.2 Å². The van der Waals surface area contributed by atoms with Crippen LogP contribution in [0.5, 0.6) is 0 Å². The summed E-state index contributed by atoms with van der Waals surface area (Å²) in [5.74, 6) is -5.47. The molecule has 0 heterocycles. The third-order valence-corrected chi connectivity index (χ3v) is 8.27. The molecule has 1 N–H and O–H groups in total. The molecule has 8 atom stereocenters. The number of esters is 4. The number of ketones is 1. The minimum Gasteiger partial charge on any atom is -0.459 e. The zero-order valence-corrected chi connectivity index (χ0v) is 25.8. The van der Waals surface area contributed by atoms with E-state index in [9.17, 15) is 29.1 Å². The van der Waals surface area contributed by atoms with Crippen LogP contribution in [0.1, 0.15) is 71.7 Å². The molecule has 3 rings (SSSR count). The first-order valence-electron chi connectivity index (χ1n) is 14.4. The first kappa shape index (κ1) is 33.7. The van der Waals surface area contributed by atoms with Gasteiger partial charge in [0.1, 0.15) is 35.8 Å². The van der Waals surface area contributed by atoms with E-state index in [0.717, 1.165) is 6.92 Å². The van der Waals surface area contributed by atoms with Crippen molar-refractivity contribution in [1.29, 1.82) is 0 Å². The summed E-state index contributed by atoms with van der Waals surface area (Å²) in [6, 6.07) is 8.26. The topological polar surface area (TPSA) is 143 Å². The van der Waals surface area contributed by atoms with Gasteiger partial charge in [0.25, 0.3) is 0 Å². The van der Waals surface area contributed by atoms with Crippen LogP contribution in [0.2, 0.25) is 0 Å². The van der Waals surface area contributed by atoms with Gasteiger partial charge in [-0.25, -0.2) is 4.79 Å². The molecule has 0 amide bonds. The highest BCUT2D eigenvalue weighted by Gasteiger charge is 2.63. The van der Waals surface area contributed by atoms with Crippen LogP contribution in [0.3, 0.4) is 0 Å². The summed E-state index contributed by atoms with van der Waals surface area (Å²) in [5.41, 5.74) is -2.68. The average molecular weight is 599 g/mol. The van der Waals surface area contributed by atoms with Crippen LogP contribution in [0.4, 0.5) is 0 Å². The number of hydrogen-bond donors (Lipinski definition) is 1. The lowest BCUT2D eigenvalue weighted by atomic mass is 9.72. The van der Waals surface area contributed by atoms with Gasteiger partial charge in [-0.2, -0.15) is 0 Å². The van der Waals surface area contributed by atoms with Crippen molar-refractivity contribution >= 4 is 29.7 Å². The van der Waals surface area contributed by atoms with Gasteiger partial charge in [0.2, 0.25) is 0 Å². The van der Waals surface area contributed by atoms with Gasteiger partial charge in [0.15, 0.2) is 0 Å². The zero-order chi connectivity index (χ0) is 32.3. The zero-order valence-electron chi connectivity index (χ0n) is 25.8. The highest BCUT2D eigenvalue weighted by molar-refractivity contribution is 5.89. The maximum atomic E-state index is 13.5. The fourth-order valence-corrected chi connectivity index (χ4v) is 6.15. The van der Waals surface area contributed by atoms with Crippen molar-refractivity contribution in [3.05, 3.63) is 60.2 Å². The van der Waals surface area contributed by atoms with E-state index >= 15 is 0 Å². The number of hydrogen-bond acceptors (Lipinski definition) is 10. The average Bonchev–Trinajstić information content (AvgIpc) is 3.16. The van der Waals surface area contributed by atoms with Crippen LogP contribution in [-0.2, 0) is 38.1 Å². The molecule has 10 heteroatoms. The molecule has 43 heavy (non-hydrogen) atoms. The molecule has 0 radical (unpaired) electrons. The smallest absolute Gasteiger partial charge is 0.338 e. The minimum atomic E-state index is -1.92. The van der Waals surface area contributed by atoms with Gasteiger partial charge >= 0.3 is 23.9 Å². The van der Waals surface area contributed by atoms with Crippen LogP contribution in [0.15, 0.2) is 54.6 Å². The molecule has 1 fully saturated rings. The Morgan fingerprint density at radius 3 is 2.05 bits per heavy atom. The highest BCUT2D eigenvalue weighted by Crippen LogP contribution is 2.51. The van der Waals surface area contributed by atoms with E-state index < -0.39 is 77.1 Å². The molecule has 0 aromatic heterocycles. The molecule has 2 aliphatic rings. The Bertz CT molecular complexity index is 1280. The largest absolute Gasteiger partial charge is 0.459 e. The number of aliphatic hydroxyl groups is 1. The molecule has 10 nitrogen and oxygen atoms in total. The predicted octanol–water partition coefficient (Wildman–Crippen LogP) is 4.14. The Morgan fingerprint density at radius 2 is 1.49 bits per heavy atom. The van der Waals surface area contributed by atoms with Crippen molar-refractivity contribution in [2.75, 3.05) is 0 Å². The van der Waals surface area contributed by atoms with E-state index in [1.807, 2.05) is 0 Å². The van der Waals surface area contributed by atoms with Crippen molar-refractivity contribution < 1.29 is 48.0 Å². The number of allylic oxidation sites excluding steroid dienone is 1. The second-order valence-corrected chi connectivity index (χ2v) is 12.2. The van der Waals surface area contributed by atoms with E-state index in [0.29, 0.717) is 0 Å². The van der Waals surface area contributed by atoms with Gasteiger partial charge in [0, 0.05) is 44.1 Å². The minimum absolute atomic E-state index is 0.00781. The maximum absolute atomic E-state index is 13.5. The van der Waals surface area contributed by atoms with Gasteiger partial charge in [-0.05, 0) is 38.3 Å². The van der Waals surface area contributed by atoms with Gasteiger partial charge in [0.05, 0.1) is 11.5 Å². The van der Waals surface area contributed by atoms with Crippen molar-refractivity contribution in [2.24, 2.45) is 23.2 Å². The lowest BCUT2D eigenvalue weighted by Gasteiger charge is -2.44. The summed E-state index contributed by atoms with van der Waals surface area (Å²) < 4.78 is 23.1. The first-order chi connectivity index (χ1) is 20.0. The summed E-state index contributed by atoms with van der Waals surface area (Å²) in [4.78, 5) is 64.0. The third kappa shape index (κ3) is 7.60. The summed E-state index contributed by atoms with van der Waals surface area (Å²) in [6.45, 7) is 14.5. The van der Waals surface area contributed by atoms with Crippen LogP contribution < -0.4 is 0 Å². The van der Waals surface area contributed by atoms with Gasteiger partial charge < -0.3 is 24.1 Å². The maximum Gasteiger partial charge on any atom is 0.338 e. The van der Waals surface area contributed by atoms with Crippen LogP contribution in [0.25, 0.3) is 0 Å². The number of benzene rings is 1. The lowest BCUT2D eigenvalue weighted by Crippen LogP contribution is -2.58. The molecular formula is C33H42O10. The molecule has 0 spiro atoms. The van der Waals surface area contributed by atoms with Crippen molar-refractivity contribution in [2.45, 2.75) is 91.3 Å². The number of carbonyl (C=O) groups is 5. The summed E-state index contributed by atoms with van der Waals surface area (Å²) in [7, 11) is 0. The van der Waals surface area contributed by atoms with Gasteiger partial charge in [-0.15, -0.1) is 0 Å². The Morgan fingerprint density at radius 1 is 0.907 bits per heavy atom. The Kier molecular flexibility index (Phi) is 10.4. The van der Waals surface area contributed by atoms with Crippen LogP contribution in [0, 0.1) is 23.2 Å². The van der Waals surface area contributed by atoms with E-state index in [4.69, 9.17) is 18.9 Å². The molecule has 0 saturated heterocycles. The Labute approximate surface area is 252 Å². The standard InChI is InChI=1S/C33H42O10/c1-18-14-15-32(7,8)26(37)16-25(40-21(4)34)20(3)29(41-22(5)35)27-28(43-31(38)24-12-10-9-11-13-24)19(2)17-33(27,39)30(18)42-23(6)36/h9-15,18-19,25,27-30,39H,3,16-17H2,1-2,4-8H3. The van der Waals surface area contributed by atoms with E-state index in [-0.39, 0.29) is 29.8 Å². The Balaban J connectivity index is 2.29. The van der Waals surface area contributed by atoms with Crippen molar-refractivity contribution in [1.82, 2.24) is 0 Å². The quantitative estimate of drug-likeness (QED) is 0.298. The number of ether oxygens (including phenoxy) is 4. The SMILES string of the molecule is C=C1C(OC(C)=O)CC(=O)C(C)(C)C=CC(C)C(OC(C)=O)C2(O)CC(C)C(OC(=O)c3ccccc3)C2C1OC(C)=O. The van der Waals surface area contributed by atoms with Crippen LogP contribution in [-0.4, -0.2) is 64.8 Å². The second kappa shape index (κ2) is 13.2. The molecule has 234 valence electrons. The van der Waals surface area contributed by atoms with Crippen molar-refractivity contribution in [3.63, 3.8) is 0 Å². The molecule has 1 aromatic carbocycles. The molecule has 0 aliphatic heterocycles. The number of Topliss-reactive ketones (excluding diaryl/α,β-unsaturated/α-hetero) is 1. The normalized spacial score (nSPS) is 32.4. The number of fused-ring (bicyclic) bond motifs is 1. The fourth-order valence-electron chi connectivity index (χ4n) is 6.15. The fraction of sp³-hybridized carbons (Fsp3) is 0.545. The van der Waals surface area contributed by atoms with Crippen LogP contribution >= 0.6 is 0 Å². The van der Waals surface area contributed by atoms with Gasteiger partial charge in [-0.3, -0.25) is 19.2 Å². The van der Waals surface area contributed by atoms with E-state index in [2.05, 4.69) is 6.58 Å². The molecular weight excluding hydrogens is 556 g/mol. The third-order valence-electron chi connectivity index (χ3n) is 8.27. The second-order valence-electron chi connectivity index (χ2n) is 12.2. The summed E-state index contributed by atoms with van der Waals surface area (Å²) in [5, 5.41) is 12.6. The summed E-state index contributed by atoms with van der Waals surface area (Å²) >= 11 is 0. The molecule has 1 aromatic rings. The predicted molar refractivity (Wildman–Crippen MR) is 155 cm³/mol. The van der Waals surface area contributed by atoms with E-state index in [1.165, 1.54) is 13.8 Å². The number of rotatable bonds is 5. The molecule has 0 bridgehead atoms. The highest BCUT2D eigenvalue weighted by atomic mass is 16.6. The summed E-state index contributed by atoms with van der Waals surface area (Å²) in [6.07, 6.45) is -1.87. The monoisotopic (exact) mass is 598 g/mol. The van der Waals surface area contributed by atoms with Crippen molar-refractivity contribution in [3.8, 4) is 0 Å².